The van der Waals surface area contributed by atoms with Gasteiger partial charge in [0.1, 0.15) is 11.6 Å². The highest BCUT2D eigenvalue weighted by molar-refractivity contribution is 9.10. The molecule has 0 aliphatic rings. The van der Waals surface area contributed by atoms with Crippen LogP contribution < -0.4 is 10.3 Å². The predicted octanol–water partition coefficient (Wildman–Crippen LogP) is 4.67. The summed E-state index contributed by atoms with van der Waals surface area (Å²) in [5.41, 5.74) is 1.54. The van der Waals surface area contributed by atoms with Gasteiger partial charge >= 0.3 is 0 Å². The average Bonchev–Trinajstić information content (AvgIpc) is 2.68. The molecule has 0 unspecified atom stereocenters. The summed E-state index contributed by atoms with van der Waals surface area (Å²) in [6.07, 6.45) is 6.89. The van der Waals surface area contributed by atoms with Gasteiger partial charge in [0.2, 0.25) is 0 Å². The standard InChI is InChI=1S/C21H20BrN3O2/c1-3-5-20-24-19-12-9-16(22)14-18(19)21(26)25(20)23-13-4-6-15-7-10-17(27-2)11-8-15/h4,6-14H,3,5H2,1-2H3/b6-4+,23-13?. The van der Waals surface area contributed by atoms with Crippen LogP contribution in [0.25, 0.3) is 17.0 Å². The van der Waals surface area contributed by atoms with E-state index < -0.39 is 0 Å². The van der Waals surface area contributed by atoms with Crippen molar-refractivity contribution in [2.75, 3.05) is 7.11 Å². The molecule has 0 bridgehead atoms. The van der Waals surface area contributed by atoms with Gasteiger partial charge in [0.05, 0.1) is 18.0 Å². The zero-order chi connectivity index (χ0) is 19.2. The molecule has 3 aromatic rings. The average molecular weight is 426 g/mol. The normalized spacial score (nSPS) is 11.7. The fraction of sp³-hybridized carbons (Fsp3) is 0.190. The molecule has 0 fully saturated rings. The number of ether oxygens (including phenoxy) is 1. The Balaban J connectivity index is 1.93. The number of aromatic nitrogens is 2. The Morgan fingerprint density at radius 2 is 2.00 bits per heavy atom. The van der Waals surface area contributed by atoms with Gasteiger partial charge in [-0.3, -0.25) is 4.79 Å². The van der Waals surface area contributed by atoms with E-state index in [1.54, 1.807) is 25.5 Å². The number of aryl methyl sites for hydroxylation is 1. The van der Waals surface area contributed by atoms with Crippen molar-refractivity contribution < 1.29 is 4.74 Å². The predicted molar refractivity (Wildman–Crippen MR) is 114 cm³/mol. The van der Waals surface area contributed by atoms with Crippen molar-refractivity contribution in [3.05, 3.63) is 74.8 Å². The molecule has 0 radical (unpaired) electrons. The number of benzene rings is 2. The van der Waals surface area contributed by atoms with Crippen LogP contribution >= 0.6 is 15.9 Å². The lowest BCUT2D eigenvalue weighted by atomic mass is 10.2. The highest BCUT2D eigenvalue weighted by atomic mass is 79.9. The van der Waals surface area contributed by atoms with Crippen LogP contribution in [0.4, 0.5) is 0 Å². The van der Waals surface area contributed by atoms with E-state index in [9.17, 15) is 4.79 Å². The number of hydrogen-bond acceptors (Lipinski definition) is 4. The van der Waals surface area contributed by atoms with Crippen molar-refractivity contribution in [1.29, 1.82) is 0 Å². The Kier molecular flexibility index (Phi) is 6.19. The maximum absolute atomic E-state index is 12.9. The lowest BCUT2D eigenvalue weighted by Crippen LogP contribution is -2.22. The molecule has 3 rings (SSSR count). The molecule has 27 heavy (non-hydrogen) atoms. The minimum atomic E-state index is -0.168. The SMILES string of the molecule is CCCc1nc2ccc(Br)cc2c(=O)n1N=C/C=C/c1ccc(OC)cc1. The van der Waals surface area contributed by atoms with E-state index >= 15 is 0 Å². The molecule has 1 aromatic heterocycles. The zero-order valence-corrected chi connectivity index (χ0v) is 16.8. The smallest absolute Gasteiger partial charge is 0.282 e. The van der Waals surface area contributed by atoms with Crippen LogP contribution in [0, 0.1) is 0 Å². The Hall–Kier alpha value is -2.73. The third-order valence-electron chi connectivity index (χ3n) is 4.02. The Labute approximate surface area is 166 Å². The van der Waals surface area contributed by atoms with Gasteiger partial charge in [-0.05, 0) is 48.4 Å². The number of allylic oxidation sites excluding steroid dienone is 1. The van der Waals surface area contributed by atoms with E-state index in [2.05, 4.69) is 32.9 Å². The maximum Gasteiger partial charge on any atom is 0.282 e. The molecule has 6 heteroatoms. The molecule has 0 saturated carbocycles. The van der Waals surface area contributed by atoms with Crippen molar-refractivity contribution in [2.45, 2.75) is 19.8 Å². The number of hydrogen-bond donors (Lipinski definition) is 0. The van der Waals surface area contributed by atoms with Crippen LogP contribution in [0.1, 0.15) is 24.7 Å². The van der Waals surface area contributed by atoms with E-state index in [-0.39, 0.29) is 5.56 Å². The fourth-order valence-electron chi connectivity index (χ4n) is 2.67. The second kappa shape index (κ2) is 8.77. The van der Waals surface area contributed by atoms with Crippen molar-refractivity contribution in [3.63, 3.8) is 0 Å². The summed E-state index contributed by atoms with van der Waals surface area (Å²) < 4.78 is 7.37. The quantitative estimate of drug-likeness (QED) is 0.539. The van der Waals surface area contributed by atoms with Crippen LogP contribution in [0.15, 0.2) is 62.9 Å². The van der Waals surface area contributed by atoms with E-state index in [1.807, 2.05) is 42.5 Å². The van der Waals surface area contributed by atoms with Crippen LogP contribution in [-0.2, 0) is 6.42 Å². The molecule has 0 amide bonds. The number of nitrogens with zero attached hydrogens (tertiary/aromatic N) is 3. The summed E-state index contributed by atoms with van der Waals surface area (Å²) in [6, 6.07) is 13.2. The number of rotatable bonds is 6. The number of halogens is 1. The van der Waals surface area contributed by atoms with Gasteiger partial charge in [0, 0.05) is 17.1 Å². The van der Waals surface area contributed by atoms with Crippen LogP contribution in [0.5, 0.6) is 5.75 Å². The first-order valence-corrected chi connectivity index (χ1v) is 9.48. The Morgan fingerprint density at radius 3 is 2.70 bits per heavy atom. The summed E-state index contributed by atoms with van der Waals surface area (Å²) >= 11 is 3.41. The summed E-state index contributed by atoms with van der Waals surface area (Å²) in [5, 5.41) is 4.88. The number of fused-ring (bicyclic) bond motifs is 1. The summed E-state index contributed by atoms with van der Waals surface area (Å²) in [6.45, 7) is 2.05. The van der Waals surface area contributed by atoms with Gasteiger partial charge in [-0.2, -0.15) is 9.78 Å². The van der Waals surface area contributed by atoms with Gasteiger partial charge in [-0.25, -0.2) is 4.98 Å². The lowest BCUT2D eigenvalue weighted by Gasteiger charge is -2.08. The zero-order valence-electron chi connectivity index (χ0n) is 15.2. The first kappa shape index (κ1) is 19.0. The molecule has 1 heterocycles. The first-order chi connectivity index (χ1) is 13.1. The molecular formula is C21H20BrN3O2. The fourth-order valence-corrected chi connectivity index (χ4v) is 3.03. The van der Waals surface area contributed by atoms with Gasteiger partial charge < -0.3 is 4.74 Å². The summed E-state index contributed by atoms with van der Waals surface area (Å²) in [4.78, 5) is 17.5. The number of methoxy groups -OCH3 is 1. The highest BCUT2D eigenvalue weighted by Crippen LogP contribution is 2.16. The van der Waals surface area contributed by atoms with E-state index in [1.165, 1.54) is 4.68 Å². The topological polar surface area (TPSA) is 56.5 Å². The highest BCUT2D eigenvalue weighted by Gasteiger charge is 2.10. The third kappa shape index (κ3) is 4.52. The molecule has 0 spiro atoms. The second-order valence-corrected chi connectivity index (χ2v) is 6.87. The Morgan fingerprint density at radius 1 is 1.22 bits per heavy atom. The summed E-state index contributed by atoms with van der Waals surface area (Å²) in [5.74, 6) is 1.47. The molecule has 0 aliphatic carbocycles. The summed E-state index contributed by atoms with van der Waals surface area (Å²) in [7, 11) is 1.64. The molecule has 138 valence electrons. The van der Waals surface area contributed by atoms with Crippen molar-refractivity contribution in [2.24, 2.45) is 5.10 Å². The molecule has 5 nitrogen and oxygen atoms in total. The molecule has 0 aliphatic heterocycles. The molecule has 0 N–H and O–H groups in total. The van der Waals surface area contributed by atoms with Gasteiger partial charge in [-0.1, -0.05) is 41.1 Å². The van der Waals surface area contributed by atoms with Crippen LogP contribution in [0.2, 0.25) is 0 Å². The van der Waals surface area contributed by atoms with Gasteiger partial charge in [0.25, 0.3) is 5.56 Å². The van der Waals surface area contributed by atoms with Crippen LogP contribution in [-0.4, -0.2) is 23.0 Å². The molecule has 0 atom stereocenters. The Bertz CT molecular complexity index is 1050. The van der Waals surface area contributed by atoms with E-state index in [0.717, 1.165) is 22.2 Å². The van der Waals surface area contributed by atoms with Gasteiger partial charge in [-0.15, -0.1) is 0 Å². The van der Waals surface area contributed by atoms with Crippen LogP contribution in [0.3, 0.4) is 0 Å². The molecule has 2 aromatic carbocycles. The lowest BCUT2D eigenvalue weighted by molar-refractivity contribution is 0.415. The largest absolute Gasteiger partial charge is 0.497 e. The van der Waals surface area contributed by atoms with E-state index in [0.29, 0.717) is 23.1 Å². The maximum atomic E-state index is 12.9. The third-order valence-corrected chi connectivity index (χ3v) is 4.51. The van der Waals surface area contributed by atoms with Crippen molar-refractivity contribution >= 4 is 39.1 Å². The molecular weight excluding hydrogens is 406 g/mol. The van der Waals surface area contributed by atoms with Crippen molar-refractivity contribution in [3.8, 4) is 5.75 Å². The minimum absolute atomic E-state index is 0.168. The van der Waals surface area contributed by atoms with Crippen molar-refractivity contribution in [1.82, 2.24) is 9.66 Å². The second-order valence-electron chi connectivity index (χ2n) is 5.95. The first-order valence-electron chi connectivity index (χ1n) is 8.68. The van der Waals surface area contributed by atoms with E-state index in [4.69, 9.17) is 4.74 Å². The molecule has 0 saturated heterocycles. The minimum Gasteiger partial charge on any atom is -0.497 e. The monoisotopic (exact) mass is 425 g/mol. The van der Waals surface area contributed by atoms with Gasteiger partial charge in [0.15, 0.2) is 0 Å².